The normalized spacial score (nSPS) is 12.4. The third kappa shape index (κ3) is 6.28. The molecular weight excluding hydrogens is 477 g/mol. The Morgan fingerprint density at radius 1 is 1.24 bits per heavy atom. The molecule has 0 saturated heterocycles. The minimum absolute atomic E-state index is 0.00685. The van der Waals surface area contributed by atoms with Gasteiger partial charge in [0.2, 0.25) is 5.95 Å². The minimum Gasteiger partial charge on any atom is -0.399 e. The van der Waals surface area contributed by atoms with E-state index < -0.39 is 19.8 Å². The standard InChI is InChI=1S/C19H19ClN5O7P/c20-13-3-1-2-12(6-13)7-30-33(31-9-14-8-29-19(27)32-14)11-28-5-4-25-10-22-15-16(25)23-18(21)24-17(15)26/h1-3,6,8,10H,4-5,7,9,11H2,(H3,21,23,24,26). The predicted molar refractivity (Wildman–Crippen MR) is 119 cm³/mol. The predicted octanol–water partition coefficient (Wildman–Crippen LogP) is 2.62. The average molecular weight is 496 g/mol. The summed E-state index contributed by atoms with van der Waals surface area (Å²) in [6, 6.07) is 7.25. The molecule has 1 unspecified atom stereocenters. The Kier molecular flexibility index (Phi) is 7.53. The molecule has 4 rings (SSSR count). The Morgan fingerprint density at radius 3 is 2.88 bits per heavy atom. The van der Waals surface area contributed by atoms with E-state index in [-0.39, 0.29) is 43.4 Å². The highest BCUT2D eigenvalue weighted by Gasteiger charge is 2.15. The van der Waals surface area contributed by atoms with Crippen LogP contribution in [0.25, 0.3) is 11.2 Å². The summed E-state index contributed by atoms with van der Waals surface area (Å²) in [5, 5.41) is 0.596. The van der Waals surface area contributed by atoms with Crippen LogP contribution in [0.2, 0.25) is 5.02 Å². The lowest BCUT2D eigenvalue weighted by Crippen LogP contribution is -2.13. The molecule has 0 aliphatic carbocycles. The van der Waals surface area contributed by atoms with Crippen LogP contribution in [-0.2, 0) is 33.5 Å². The topological polar surface area (TPSA) is 161 Å². The van der Waals surface area contributed by atoms with Crippen LogP contribution in [0.5, 0.6) is 0 Å². The first-order valence-corrected chi connectivity index (χ1v) is 11.4. The minimum atomic E-state index is -1.51. The van der Waals surface area contributed by atoms with Gasteiger partial charge in [-0.2, -0.15) is 4.98 Å². The maximum Gasteiger partial charge on any atom is 0.518 e. The van der Waals surface area contributed by atoms with Gasteiger partial charge in [-0.1, -0.05) is 23.7 Å². The van der Waals surface area contributed by atoms with E-state index in [1.54, 1.807) is 16.7 Å². The SMILES string of the molecule is Nc1nc2c(ncn2CCOCP(OCc2cccc(Cl)c2)OCc2coc(=O)o2)c(=O)[nH]1. The number of imidazole rings is 1. The molecule has 0 saturated carbocycles. The van der Waals surface area contributed by atoms with Gasteiger partial charge in [-0.15, -0.1) is 0 Å². The van der Waals surface area contributed by atoms with E-state index in [1.165, 1.54) is 12.6 Å². The highest BCUT2D eigenvalue weighted by atomic mass is 35.5. The Morgan fingerprint density at radius 2 is 2.09 bits per heavy atom. The van der Waals surface area contributed by atoms with Crippen molar-refractivity contribution in [2.24, 2.45) is 0 Å². The number of benzene rings is 1. The number of aromatic amines is 1. The Labute approximate surface area is 192 Å². The van der Waals surface area contributed by atoms with Crippen molar-refractivity contribution < 1.29 is 22.6 Å². The third-order valence-corrected chi connectivity index (χ3v) is 5.75. The second-order valence-corrected chi connectivity index (χ2v) is 8.54. The summed E-state index contributed by atoms with van der Waals surface area (Å²) in [6.45, 7) is 0.876. The number of fused-ring (bicyclic) bond motifs is 1. The van der Waals surface area contributed by atoms with Crippen molar-refractivity contribution in [1.82, 2.24) is 19.5 Å². The number of H-pyrrole nitrogens is 1. The molecule has 3 heterocycles. The molecule has 174 valence electrons. The number of rotatable bonds is 11. The van der Waals surface area contributed by atoms with Crippen LogP contribution in [0, 0.1) is 0 Å². The van der Waals surface area contributed by atoms with Crippen molar-refractivity contribution in [1.29, 1.82) is 0 Å². The largest absolute Gasteiger partial charge is 0.518 e. The van der Waals surface area contributed by atoms with Gasteiger partial charge in [-0.05, 0) is 17.7 Å². The summed E-state index contributed by atoms with van der Waals surface area (Å²) in [4.78, 5) is 33.5. The highest BCUT2D eigenvalue weighted by molar-refractivity contribution is 7.46. The smallest absolute Gasteiger partial charge is 0.399 e. The first-order chi connectivity index (χ1) is 16.0. The first kappa shape index (κ1) is 23.1. The van der Waals surface area contributed by atoms with Crippen LogP contribution in [-0.4, -0.2) is 32.5 Å². The number of hydrogen-bond donors (Lipinski definition) is 2. The fraction of sp³-hybridized carbons (Fsp3) is 0.263. The molecule has 14 heteroatoms. The van der Waals surface area contributed by atoms with E-state index in [0.717, 1.165) is 5.56 Å². The van der Waals surface area contributed by atoms with E-state index in [9.17, 15) is 9.59 Å². The maximum absolute atomic E-state index is 11.9. The second-order valence-electron chi connectivity index (χ2n) is 6.66. The number of nitrogens with one attached hydrogen (secondary N) is 1. The van der Waals surface area contributed by atoms with Gasteiger partial charge in [0.1, 0.15) is 19.2 Å². The monoisotopic (exact) mass is 495 g/mol. The molecule has 3 N–H and O–H groups in total. The number of nitrogens with zero attached hydrogens (tertiary/aromatic N) is 3. The van der Waals surface area contributed by atoms with Crippen molar-refractivity contribution >= 4 is 37.1 Å². The van der Waals surface area contributed by atoms with Crippen LogP contribution >= 0.6 is 20.0 Å². The molecule has 0 aliphatic heterocycles. The molecule has 0 bridgehead atoms. The maximum atomic E-state index is 11.9. The second kappa shape index (κ2) is 10.7. The van der Waals surface area contributed by atoms with Crippen molar-refractivity contribution in [3.63, 3.8) is 0 Å². The van der Waals surface area contributed by atoms with E-state index >= 15 is 0 Å². The van der Waals surface area contributed by atoms with Gasteiger partial charge in [-0.3, -0.25) is 9.78 Å². The summed E-state index contributed by atoms with van der Waals surface area (Å²) in [7, 11) is -1.51. The van der Waals surface area contributed by atoms with E-state index in [2.05, 4.69) is 19.4 Å². The van der Waals surface area contributed by atoms with Crippen molar-refractivity contribution in [3.8, 4) is 0 Å². The molecule has 0 aliphatic rings. The van der Waals surface area contributed by atoms with Crippen molar-refractivity contribution in [2.45, 2.75) is 19.8 Å². The number of nitrogens with two attached hydrogens (primary N) is 1. The molecule has 0 spiro atoms. The number of hydrogen-bond acceptors (Lipinski definition) is 10. The fourth-order valence-electron chi connectivity index (χ4n) is 2.79. The lowest BCUT2D eigenvalue weighted by atomic mass is 10.2. The molecule has 1 aromatic carbocycles. The number of halogens is 1. The van der Waals surface area contributed by atoms with Gasteiger partial charge in [0, 0.05) is 11.6 Å². The van der Waals surface area contributed by atoms with Crippen LogP contribution in [0.1, 0.15) is 11.3 Å². The van der Waals surface area contributed by atoms with Crippen molar-refractivity contribution in [2.75, 3.05) is 18.7 Å². The zero-order valence-corrected chi connectivity index (χ0v) is 18.8. The zero-order chi connectivity index (χ0) is 23.2. The lowest BCUT2D eigenvalue weighted by molar-refractivity contribution is 0.136. The molecule has 0 fully saturated rings. The molecule has 0 amide bonds. The van der Waals surface area contributed by atoms with Gasteiger partial charge in [-0.25, -0.2) is 9.78 Å². The molecule has 12 nitrogen and oxygen atoms in total. The van der Waals surface area contributed by atoms with Gasteiger partial charge in [0.25, 0.3) is 5.56 Å². The summed E-state index contributed by atoms with van der Waals surface area (Å²) in [5.74, 6) is -0.570. The van der Waals surface area contributed by atoms with Crippen LogP contribution < -0.4 is 17.1 Å². The van der Waals surface area contributed by atoms with Crippen LogP contribution in [0.4, 0.5) is 5.95 Å². The summed E-state index contributed by atoms with van der Waals surface area (Å²) in [6.07, 6.45) is 2.81. The molecule has 0 radical (unpaired) electrons. The van der Waals surface area contributed by atoms with Gasteiger partial charge in [0.05, 0.1) is 19.5 Å². The van der Waals surface area contributed by atoms with Crippen molar-refractivity contribution in [3.05, 3.63) is 74.2 Å². The average Bonchev–Trinajstić information content (AvgIpc) is 3.38. The Balaban J connectivity index is 1.34. The molecule has 1 atom stereocenters. The third-order valence-electron chi connectivity index (χ3n) is 4.28. The Bertz CT molecular complexity index is 1330. The fourth-order valence-corrected chi connectivity index (χ4v) is 4.07. The van der Waals surface area contributed by atoms with Crippen LogP contribution in [0.15, 0.2) is 55.3 Å². The first-order valence-electron chi connectivity index (χ1n) is 9.61. The van der Waals surface area contributed by atoms with Gasteiger partial charge in [0.15, 0.2) is 25.3 Å². The molecule has 4 aromatic rings. The zero-order valence-electron chi connectivity index (χ0n) is 17.1. The van der Waals surface area contributed by atoms with Gasteiger partial charge >= 0.3 is 5.82 Å². The number of ether oxygens (including phenoxy) is 1. The van der Waals surface area contributed by atoms with E-state index in [4.69, 9.17) is 35.5 Å². The van der Waals surface area contributed by atoms with Gasteiger partial charge < -0.3 is 32.9 Å². The number of nitrogen functional groups attached to an aromatic ring is 1. The molecular formula is C19H19ClN5O7P. The van der Waals surface area contributed by atoms with Crippen LogP contribution in [0.3, 0.4) is 0 Å². The van der Waals surface area contributed by atoms with E-state index in [0.29, 0.717) is 17.2 Å². The number of anilines is 1. The summed E-state index contributed by atoms with van der Waals surface area (Å²) in [5.41, 5.74) is 6.63. The summed E-state index contributed by atoms with van der Waals surface area (Å²) >= 11 is 6.02. The lowest BCUT2D eigenvalue weighted by Gasteiger charge is -2.17. The quantitative estimate of drug-likeness (QED) is 0.234. The van der Waals surface area contributed by atoms with E-state index in [1.807, 2.05) is 12.1 Å². The molecule has 3 aromatic heterocycles. The Hall–Kier alpha value is -3.02. The number of aromatic nitrogens is 4. The summed E-state index contributed by atoms with van der Waals surface area (Å²) < 4.78 is 28.4. The highest BCUT2D eigenvalue weighted by Crippen LogP contribution is 2.40. The molecule has 33 heavy (non-hydrogen) atoms.